The molecular formula is C13H21N3OS. The summed E-state index contributed by atoms with van der Waals surface area (Å²) >= 11 is 1.65. The molecule has 2 rings (SSSR count). The molecule has 5 heteroatoms. The summed E-state index contributed by atoms with van der Waals surface area (Å²) in [5.74, 6) is 0. The number of fused-ring (bicyclic) bond motifs is 1. The van der Waals surface area contributed by atoms with Gasteiger partial charge in [0, 0.05) is 36.9 Å². The minimum Gasteiger partial charge on any atom is -0.395 e. The zero-order chi connectivity index (χ0) is 13.0. The van der Waals surface area contributed by atoms with Gasteiger partial charge in [0.05, 0.1) is 12.3 Å². The van der Waals surface area contributed by atoms with E-state index in [0.29, 0.717) is 6.04 Å². The van der Waals surface area contributed by atoms with Crippen molar-refractivity contribution in [3.8, 4) is 0 Å². The largest absolute Gasteiger partial charge is 0.395 e. The summed E-state index contributed by atoms with van der Waals surface area (Å²) in [4.78, 5) is 7.97. The number of thiazole rings is 1. The molecule has 18 heavy (non-hydrogen) atoms. The average Bonchev–Trinajstić information content (AvgIpc) is 2.91. The Labute approximate surface area is 112 Å². The molecule has 4 nitrogen and oxygen atoms in total. The highest BCUT2D eigenvalue weighted by atomic mass is 32.1. The number of nitrogens with zero attached hydrogens (tertiary/aromatic N) is 3. The molecule has 0 saturated heterocycles. The predicted molar refractivity (Wildman–Crippen MR) is 74.9 cm³/mol. The second-order valence-corrected chi connectivity index (χ2v) is 5.36. The summed E-state index contributed by atoms with van der Waals surface area (Å²) in [5, 5.41) is 11.2. The van der Waals surface area contributed by atoms with Gasteiger partial charge < -0.3 is 5.11 Å². The van der Waals surface area contributed by atoms with Gasteiger partial charge in [-0.1, -0.05) is 13.8 Å². The molecule has 0 aliphatic carbocycles. The second kappa shape index (κ2) is 6.31. The van der Waals surface area contributed by atoms with Crippen LogP contribution in [-0.4, -0.2) is 38.6 Å². The van der Waals surface area contributed by atoms with E-state index in [1.54, 1.807) is 11.3 Å². The average molecular weight is 267 g/mol. The van der Waals surface area contributed by atoms with Crippen molar-refractivity contribution in [2.24, 2.45) is 0 Å². The number of imidazole rings is 1. The van der Waals surface area contributed by atoms with Crippen LogP contribution >= 0.6 is 11.3 Å². The van der Waals surface area contributed by atoms with Crippen molar-refractivity contribution >= 4 is 16.3 Å². The zero-order valence-electron chi connectivity index (χ0n) is 11.0. The van der Waals surface area contributed by atoms with E-state index >= 15 is 0 Å². The van der Waals surface area contributed by atoms with Crippen LogP contribution in [0.1, 0.15) is 32.4 Å². The fourth-order valence-corrected chi connectivity index (χ4v) is 3.10. The molecular weight excluding hydrogens is 246 g/mol. The Morgan fingerprint density at radius 3 is 2.83 bits per heavy atom. The molecule has 0 radical (unpaired) electrons. The number of hydrogen-bond acceptors (Lipinski definition) is 4. The lowest BCUT2D eigenvalue weighted by molar-refractivity contribution is 0.135. The molecule has 0 amide bonds. The maximum absolute atomic E-state index is 9.19. The smallest absolute Gasteiger partial charge is 0.193 e. The van der Waals surface area contributed by atoms with Crippen molar-refractivity contribution in [3.05, 3.63) is 23.5 Å². The summed E-state index contributed by atoms with van der Waals surface area (Å²) in [7, 11) is 0. The summed E-state index contributed by atoms with van der Waals surface area (Å²) in [5.41, 5.74) is 1.09. The van der Waals surface area contributed by atoms with Crippen LogP contribution in [0.5, 0.6) is 0 Å². The fraction of sp³-hybridized carbons (Fsp3) is 0.615. The van der Waals surface area contributed by atoms with E-state index in [9.17, 15) is 5.11 Å². The highest BCUT2D eigenvalue weighted by molar-refractivity contribution is 7.15. The first-order valence-corrected chi connectivity index (χ1v) is 7.42. The maximum atomic E-state index is 9.19. The van der Waals surface area contributed by atoms with Crippen LogP contribution in [0.3, 0.4) is 0 Å². The van der Waals surface area contributed by atoms with Gasteiger partial charge in [-0.3, -0.25) is 9.30 Å². The zero-order valence-corrected chi connectivity index (χ0v) is 11.9. The van der Waals surface area contributed by atoms with Gasteiger partial charge in [-0.2, -0.15) is 0 Å². The van der Waals surface area contributed by atoms with Gasteiger partial charge in [-0.15, -0.1) is 11.3 Å². The number of aromatic nitrogens is 2. The van der Waals surface area contributed by atoms with Crippen LogP contribution in [0, 0.1) is 0 Å². The van der Waals surface area contributed by atoms with Crippen LogP contribution in [0.25, 0.3) is 4.96 Å². The Kier molecular flexibility index (Phi) is 4.74. The van der Waals surface area contributed by atoms with Crippen molar-refractivity contribution in [1.29, 1.82) is 0 Å². The van der Waals surface area contributed by atoms with Crippen molar-refractivity contribution in [1.82, 2.24) is 14.3 Å². The van der Waals surface area contributed by atoms with E-state index in [4.69, 9.17) is 0 Å². The van der Waals surface area contributed by atoms with Crippen LogP contribution in [0.4, 0.5) is 0 Å². The Hall–Kier alpha value is -0.910. The third kappa shape index (κ3) is 2.91. The monoisotopic (exact) mass is 267 g/mol. The number of hydrogen-bond donors (Lipinski definition) is 1. The van der Waals surface area contributed by atoms with Gasteiger partial charge in [0.1, 0.15) is 0 Å². The van der Waals surface area contributed by atoms with Crippen LogP contribution in [0.2, 0.25) is 0 Å². The SMILES string of the molecule is CCC(CC)N(CCO)Cc1cn2ccsc2n1. The minimum atomic E-state index is 0.207. The van der Waals surface area contributed by atoms with E-state index in [1.807, 2.05) is 11.6 Å². The molecule has 1 N–H and O–H groups in total. The maximum Gasteiger partial charge on any atom is 0.193 e. The Morgan fingerprint density at radius 1 is 1.44 bits per heavy atom. The van der Waals surface area contributed by atoms with Crippen molar-refractivity contribution in [2.75, 3.05) is 13.2 Å². The lowest BCUT2D eigenvalue weighted by Gasteiger charge is -2.28. The second-order valence-electron chi connectivity index (χ2n) is 4.49. The van der Waals surface area contributed by atoms with Crippen LogP contribution in [-0.2, 0) is 6.54 Å². The van der Waals surface area contributed by atoms with Gasteiger partial charge in [0.15, 0.2) is 4.96 Å². The van der Waals surface area contributed by atoms with Gasteiger partial charge in [0.2, 0.25) is 0 Å². The first kappa shape index (κ1) is 13.5. The Balaban J connectivity index is 2.10. The molecule has 2 aromatic rings. The third-order valence-electron chi connectivity index (χ3n) is 3.35. The number of aliphatic hydroxyl groups excluding tert-OH is 1. The van der Waals surface area contributed by atoms with Gasteiger partial charge in [-0.05, 0) is 12.8 Å². The molecule has 2 heterocycles. The van der Waals surface area contributed by atoms with Gasteiger partial charge >= 0.3 is 0 Å². The van der Waals surface area contributed by atoms with Gasteiger partial charge in [-0.25, -0.2) is 4.98 Å². The summed E-state index contributed by atoms with van der Waals surface area (Å²) < 4.78 is 2.06. The highest BCUT2D eigenvalue weighted by Crippen LogP contribution is 2.16. The number of aliphatic hydroxyl groups is 1. The van der Waals surface area contributed by atoms with E-state index in [1.165, 1.54) is 0 Å². The standard InChI is InChI=1S/C13H21N3OS/c1-3-12(4-2)15(5-7-17)9-11-10-16-6-8-18-13(16)14-11/h6,8,10,12,17H,3-5,7,9H2,1-2H3. The predicted octanol–water partition coefficient (Wildman–Crippen LogP) is 2.38. The molecule has 0 aliphatic rings. The third-order valence-corrected chi connectivity index (χ3v) is 4.13. The normalized spacial score (nSPS) is 12.1. The molecule has 0 unspecified atom stereocenters. The summed E-state index contributed by atoms with van der Waals surface area (Å²) in [6.45, 7) is 6.14. The topological polar surface area (TPSA) is 40.8 Å². The Morgan fingerprint density at radius 2 is 2.22 bits per heavy atom. The molecule has 0 fully saturated rings. The molecule has 0 aromatic carbocycles. The fourth-order valence-electron chi connectivity index (χ4n) is 2.38. The van der Waals surface area contributed by atoms with E-state index in [0.717, 1.165) is 36.6 Å². The first-order chi connectivity index (χ1) is 8.78. The van der Waals surface area contributed by atoms with Crippen molar-refractivity contribution in [3.63, 3.8) is 0 Å². The summed E-state index contributed by atoms with van der Waals surface area (Å²) in [6.07, 6.45) is 6.33. The quantitative estimate of drug-likeness (QED) is 0.837. The first-order valence-electron chi connectivity index (χ1n) is 6.54. The lowest BCUT2D eigenvalue weighted by atomic mass is 10.1. The lowest BCUT2D eigenvalue weighted by Crippen LogP contribution is -2.36. The minimum absolute atomic E-state index is 0.207. The Bertz CT molecular complexity index is 447. The highest BCUT2D eigenvalue weighted by Gasteiger charge is 2.16. The van der Waals surface area contributed by atoms with Crippen molar-refractivity contribution in [2.45, 2.75) is 39.3 Å². The van der Waals surface area contributed by atoms with Crippen molar-refractivity contribution < 1.29 is 5.11 Å². The van der Waals surface area contributed by atoms with Crippen LogP contribution in [0.15, 0.2) is 17.8 Å². The van der Waals surface area contributed by atoms with Crippen LogP contribution < -0.4 is 0 Å². The molecule has 2 aromatic heterocycles. The molecule has 100 valence electrons. The molecule has 0 spiro atoms. The number of rotatable bonds is 7. The van der Waals surface area contributed by atoms with E-state index in [2.05, 4.69) is 34.3 Å². The van der Waals surface area contributed by atoms with E-state index in [-0.39, 0.29) is 6.61 Å². The summed E-state index contributed by atoms with van der Waals surface area (Å²) in [6, 6.07) is 0.525. The van der Waals surface area contributed by atoms with Gasteiger partial charge in [0.25, 0.3) is 0 Å². The molecule has 0 atom stereocenters. The molecule has 0 aliphatic heterocycles. The molecule has 0 bridgehead atoms. The molecule has 0 saturated carbocycles. The van der Waals surface area contributed by atoms with E-state index < -0.39 is 0 Å².